The molecule has 34 heavy (non-hydrogen) atoms. The number of rotatable bonds is 9. The minimum Gasteiger partial charge on any atom is -0.404 e. The van der Waals surface area contributed by atoms with Gasteiger partial charge in [0.1, 0.15) is 6.17 Å². The molecular weight excluding hydrogens is 444 g/mol. The van der Waals surface area contributed by atoms with Crippen LogP contribution in [-0.4, -0.2) is 48.4 Å². The van der Waals surface area contributed by atoms with E-state index in [1.165, 1.54) is 6.21 Å². The molecule has 2 aliphatic heterocycles. The summed E-state index contributed by atoms with van der Waals surface area (Å²) in [5, 5.41) is 14.7. The van der Waals surface area contributed by atoms with Crippen molar-refractivity contribution in [2.24, 2.45) is 23.3 Å². The fourth-order valence-electron chi connectivity index (χ4n) is 4.11. The van der Waals surface area contributed by atoms with Crippen LogP contribution in [0, 0.1) is 17.2 Å². The number of aromatic nitrogens is 1. The molecule has 7 N–H and O–H groups in total. The highest BCUT2D eigenvalue weighted by Gasteiger charge is 2.21. The summed E-state index contributed by atoms with van der Waals surface area (Å²) >= 11 is 4.42. The maximum atomic E-state index is 7.93. The number of nitrogens with two attached hydrogens (primary N) is 2. The van der Waals surface area contributed by atoms with E-state index in [-0.39, 0.29) is 12.1 Å². The molecule has 1 atom stereocenters. The molecule has 8 nitrogen and oxygen atoms in total. The third-order valence-corrected chi connectivity index (χ3v) is 6.77. The lowest BCUT2D eigenvalue weighted by atomic mass is 9.98. The standard InChI is InChI=1S/C25H38N8S/c1-17(2)19(12-26)11-24(28)31-25-5-4-22-23(32(25)3)10-20(16-30-22)21(13-27)15-29-14-18-6-8-33(34)9-7-18/h4-5,10-13,15-18,25,27,29,31,34H,6-9,14,26,28H2,1-3H3/b19-12+,21-15+,24-11+,27-13?. The van der Waals surface area contributed by atoms with E-state index in [9.17, 15) is 0 Å². The van der Waals surface area contributed by atoms with E-state index < -0.39 is 0 Å². The zero-order chi connectivity index (χ0) is 24.7. The van der Waals surface area contributed by atoms with Crippen molar-refractivity contribution in [3.63, 3.8) is 0 Å². The summed E-state index contributed by atoms with van der Waals surface area (Å²) in [5.74, 6) is 1.46. The number of piperidine rings is 1. The van der Waals surface area contributed by atoms with Gasteiger partial charge in [0, 0.05) is 56.4 Å². The average molecular weight is 483 g/mol. The lowest BCUT2D eigenvalue weighted by molar-refractivity contribution is 0.292. The van der Waals surface area contributed by atoms with Gasteiger partial charge in [-0.2, -0.15) is 0 Å². The number of thiol groups is 1. The van der Waals surface area contributed by atoms with Gasteiger partial charge in [0.05, 0.1) is 17.2 Å². The van der Waals surface area contributed by atoms with Gasteiger partial charge < -0.3 is 32.4 Å². The Labute approximate surface area is 208 Å². The molecule has 0 bridgehead atoms. The number of anilines is 1. The molecule has 3 rings (SSSR count). The molecule has 0 radical (unpaired) electrons. The molecule has 1 aromatic heterocycles. The van der Waals surface area contributed by atoms with Crippen molar-refractivity contribution >= 4 is 36.4 Å². The molecule has 1 fully saturated rings. The molecular formula is C25H38N8S. The van der Waals surface area contributed by atoms with Crippen LogP contribution in [0.3, 0.4) is 0 Å². The van der Waals surface area contributed by atoms with E-state index in [2.05, 4.69) is 57.6 Å². The summed E-state index contributed by atoms with van der Waals surface area (Å²) in [6.07, 6.45) is 14.7. The van der Waals surface area contributed by atoms with Gasteiger partial charge in [-0.15, -0.1) is 0 Å². The van der Waals surface area contributed by atoms with Crippen LogP contribution in [0.5, 0.6) is 0 Å². The molecule has 0 saturated carbocycles. The SMILES string of the molecule is CC(C)C(=C/N)/C=C(\N)NC1C=Cc2ncc(/C(C=N)=C/NCC3CCN(S)CC3)cc2N1C. The van der Waals surface area contributed by atoms with Gasteiger partial charge in [0.2, 0.25) is 0 Å². The smallest absolute Gasteiger partial charge is 0.120 e. The van der Waals surface area contributed by atoms with E-state index >= 15 is 0 Å². The maximum Gasteiger partial charge on any atom is 0.120 e. The molecule has 1 aromatic rings. The second-order valence-corrected chi connectivity index (χ2v) is 9.72. The van der Waals surface area contributed by atoms with Gasteiger partial charge in [-0.3, -0.25) is 9.29 Å². The highest BCUT2D eigenvalue weighted by Crippen LogP contribution is 2.28. The Hall–Kier alpha value is -2.91. The molecule has 1 unspecified atom stereocenters. The average Bonchev–Trinajstić information content (AvgIpc) is 2.83. The van der Waals surface area contributed by atoms with Crippen LogP contribution in [0.15, 0.2) is 48.2 Å². The number of pyridine rings is 1. The van der Waals surface area contributed by atoms with Crippen LogP contribution in [0.2, 0.25) is 0 Å². The monoisotopic (exact) mass is 482 g/mol. The van der Waals surface area contributed by atoms with Crippen LogP contribution in [-0.2, 0) is 0 Å². The van der Waals surface area contributed by atoms with Crippen LogP contribution >= 0.6 is 12.8 Å². The Balaban J connectivity index is 1.70. The molecule has 0 spiro atoms. The summed E-state index contributed by atoms with van der Waals surface area (Å²) in [7, 11) is 2.00. The van der Waals surface area contributed by atoms with Crippen molar-refractivity contribution < 1.29 is 0 Å². The quantitative estimate of drug-likeness (QED) is 0.182. The minimum absolute atomic E-state index is 0.129. The Morgan fingerprint density at radius 1 is 1.35 bits per heavy atom. The lowest BCUT2D eigenvalue weighted by Crippen LogP contribution is -2.45. The first-order chi connectivity index (χ1) is 16.3. The molecule has 9 heteroatoms. The number of nitrogens with zero attached hydrogens (tertiary/aromatic N) is 3. The number of hydrogen-bond donors (Lipinski definition) is 6. The summed E-state index contributed by atoms with van der Waals surface area (Å²) < 4.78 is 2.07. The van der Waals surface area contributed by atoms with Crippen LogP contribution in [0.1, 0.15) is 37.9 Å². The van der Waals surface area contributed by atoms with Gasteiger partial charge in [0.25, 0.3) is 0 Å². The topological polar surface area (TPSA) is 119 Å². The number of likely N-dealkylation sites (N-methyl/N-ethyl adjacent to an activating group) is 1. The predicted octanol–water partition coefficient (Wildman–Crippen LogP) is 2.90. The summed E-state index contributed by atoms with van der Waals surface area (Å²) in [5.41, 5.74) is 16.5. The molecule has 1 saturated heterocycles. The first-order valence-corrected chi connectivity index (χ1v) is 12.2. The Bertz CT molecular complexity index is 973. The minimum atomic E-state index is -0.129. The third kappa shape index (κ3) is 6.57. The first kappa shape index (κ1) is 25.7. The Morgan fingerprint density at radius 2 is 2.09 bits per heavy atom. The second-order valence-electron chi connectivity index (χ2n) is 9.16. The molecule has 0 aliphatic carbocycles. The van der Waals surface area contributed by atoms with E-state index in [1.807, 2.05) is 37.7 Å². The molecule has 0 amide bonds. The maximum absolute atomic E-state index is 7.93. The van der Waals surface area contributed by atoms with Gasteiger partial charge >= 0.3 is 0 Å². The van der Waals surface area contributed by atoms with Crippen molar-refractivity contribution in [1.82, 2.24) is 19.9 Å². The Kier molecular flexibility index (Phi) is 9.06. The van der Waals surface area contributed by atoms with Gasteiger partial charge in [-0.1, -0.05) is 26.7 Å². The number of hydrogen-bond acceptors (Lipinski definition) is 9. The zero-order valence-corrected chi connectivity index (χ0v) is 21.2. The lowest BCUT2D eigenvalue weighted by Gasteiger charge is -2.33. The number of nitrogens with one attached hydrogen (secondary N) is 3. The van der Waals surface area contributed by atoms with E-state index in [0.717, 1.165) is 60.6 Å². The largest absolute Gasteiger partial charge is 0.404 e. The van der Waals surface area contributed by atoms with Crippen molar-refractivity contribution in [3.05, 3.63) is 59.5 Å². The summed E-state index contributed by atoms with van der Waals surface area (Å²) in [4.78, 5) is 6.72. The molecule has 184 valence electrons. The van der Waals surface area contributed by atoms with Crippen LogP contribution < -0.4 is 27.0 Å². The first-order valence-electron chi connectivity index (χ1n) is 11.8. The third-order valence-electron chi connectivity index (χ3n) is 6.37. The summed E-state index contributed by atoms with van der Waals surface area (Å²) in [6.45, 7) is 7.08. The fourth-order valence-corrected chi connectivity index (χ4v) is 4.34. The fraction of sp³-hybridized carbons (Fsp3) is 0.440. The number of fused-ring (bicyclic) bond motifs is 1. The number of allylic oxidation sites excluding steroid dienone is 3. The van der Waals surface area contributed by atoms with E-state index in [4.69, 9.17) is 16.9 Å². The highest BCUT2D eigenvalue weighted by atomic mass is 32.1. The van der Waals surface area contributed by atoms with E-state index in [0.29, 0.717) is 11.7 Å². The summed E-state index contributed by atoms with van der Waals surface area (Å²) in [6, 6.07) is 2.07. The Morgan fingerprint density at radius 3 is 2.74 bits per heavy atom. The highest BCUT2D eigenvalue weighted by molar-refractivity contribution is 7.77. The van der Waals surface area contributed by atoms with Crippen molar-refractivity contribution in [1.29, 1.82) is 5.41 Å². The molecule has 0 aromatic carbocycles. The second kappa shape index (κ2) is 12.0. The predicted molar refractivity (Wildman–Crippen MR) is 146 cm³/mol. The van der Waals surface area contributed by atoms with Gasteiger partial charge in [-0.25, -0.2) is 0 Å². The van der Waals surface area contributed by atoms with Crippen molar-refractivity contribution in [3.8, 4) is 0 Å². The van der Waals surface area contributed by atoms with Crippen molar-refractivity contribution in [2.45, 2.75) is 32.9 Å². The van der Waals surface area contributed by atoms with Gasteiger partial charge in [0.15, 0.2) is 0 Å². The van der Waals surface area contributed by atoms with E-state index in [1.54, 1.807) is 6.20 Å². The van der Waals surface area contributed by atoms with Crippen molar-refractivity contribution in [2.75, 3.05) is 31.6 Å². The zero-order valence-electron chi connectivity index (χ0n) is 20.3. The van der Waals surface area contributed by atoms with Crippen LogP contribution in [0.25, 0.3) is 11.6 Å². The molecule has 2 aliphatic rings. The molecule has 3 heterocycles. The van der Waals surface area contributed by atoms with Gasteiger partial charge in [-0.05, 0) is 60.7 Å². The van der Waals surface area contributed by atoms with Crippen LogP contribution in [0.4, 0.5) is 5.69 Å². The normalized spacial score (nSPS) is 20.4.